The molecule has 3 heteroatoms. The van der Waals surface area contributed by atoms with Crippen molar-refractivity contribution in [2.45, 2.75) is 0 Å². The molecule has 0 unspecified atom stereocenters. The summed E-state index contributed by atoms with van der Waals surface area (Å²) in [6, 6.07) is 0. The molecule has 0 atom stereocenters. The molecule has 0 aliphatic rings. The van der Waals surface area contributed by atoms with Gasteiger partial charge in [-0.15, -0.1) is 0 Å². The molecule has 0 N–H and O–H groups in total. The minimum absolute atomic E-state index is 0. The molecule has 0 rings (SSSR count). The molecule has 0 aromatic carbocycles. The molecule has 0 heterocycles. The van der Waals surface area contributed by atoms with Crippen molar-refractivity contribution in [3.8, 4) is 0 Å². The predicted molar refractivity (Wildman–Crippen MR) is 9.68 cm³/mol. The fourth-order valence-electron chi connectivity index (χ4n) is 0. The maximum atomic E-state index is 6.97. The molecule has 0 aliphatic carbocycles. The van der Waals surface area contributed by atoms with Gasteiger partial charge in [0, 0.05) is 32.7 Å². The van der Waals surface area contributed by atoms with Gasteiger partial charge in [0.15, 0.2) is 0 Å². The Morgan fingerprint density at radius 1 is 1.75 bits per heavy atom. The predicted octanol–water partition coefficient (Wildman–Crippen LogP) is -0.209. The second-order valence-corrected chi connectivity index (χ2v) is 0.115. The third-order valence-electron chi connectivity index (χ3n) is 0. The summed E-state index contributed by atoms with van der Waals surface area (Å²) in [5.74, 6) is 0. The second-order valence-electron chi connectivity index (χ2n) is 0.115. The summed E-state index contributed by atoms with van der Waals surface area (Å²) in [6.45, 7) is 4.03. The van der Waals surface area contributed by atoms with E-state index in [1.807, 2.05) is 4.79 Å². The summed E-state index contributed by atoms with van der Waals surface area (Å²) in [6.07, 6.45) is 0. The van der Waals surface area contributed by atoms with Gasteiger partial charge >= 0.3 is 0 Å². The average Bonchev–Trinajstić information content (AvgIpc) is 0.918. The molecular formula is CHN2Y-. The Morgan fingerprint density at radius 2 is 1.75 bits per heavy atom. The quantitative estimate of drug-likeness (QED) is 0.188. The standard InChI is InChI=1S/CHN2.Y/c1-3-2;/h1H;/q-1;. The van der Waals surface area contributed by atoms with Crippen molar-refractivity contribution in [3.63, 3.8) is 0 Å². The molecule has 0 aromatic rings. The molecule has 0 spiro atoms. The van der Waals surface area contributed by atoms with Crippen LogP contribution in [0.1, 0.15) is 0 Å². The molecular weight excluding hydrogens is 129 g/mol. The van der Waals surface area contributed by atoms with E-state index in [2.05, 4.69) is 6.72 Å². The molecule has 0 aromatic heterocycles. The minimum Gasteiger partial charge on any atom is -0.408 e. The van der Waals surface area contributed by atoms with Crippen LogP contribution in [-0.2, 0) is 32.7 Å². The maximum absolute atomic E-state index is 6.97. The zero-order valence-corrected chi connectivity index (χ0v) is 4.89. The van der Waals surface area contributed by atoms with Gasteiger partial charge in [-0.05, 0) is 0 Å². The van der Waals surface area contributed by atoms with E-state index in [4.69, 9.17) is 5.53 Å². The first kappa shape index (κ1) is 8.82. The Bertz CT molecular complexity index is 27.0. The second kappa shape index (κ2) is 9.76. The number of hydrogen-bond donors (Lipinski definition) is 0. The normalized spacial score (nSPS) is 2.00. The molecule has 0 saturated carbocycles. The zero-order valence-electron chi connectivity index (χ0n) is 2.05. The zero-order chi connectivity index (χ0) is 2.71. The van der Waals surface area contributed by atoms with Crippen molar-refractivity contribution in [2.24, 2.45) is 0 Å². The topological polar surface area (TPSA) is 36.4 Å². The molecule has 2 nitrogen and oxygen atoms in total. The SMILES string of the molecule is [CH-]=[N+]=[N-].[Y]. The number of rotatable bonds is 0. The van der Waals surface area contributed by atoms with Gasteiger partial charge in [-0.1, -0.05) is 6.72 Å². The minimum atomic E-state index is 0. The van der Waals surface area contributed by atoms with E-state index in [1.165, 1.54) is 0 Å². The molecule has 0 fully saturated rings. The largest absolute Gasteiger partial charge is 0.408 e. The van der Waals surface area contributed by atoms with Gasteiger partial charge in [0.2, 0.25) is 0 Å². The van der Waals surface area contributed by atoms with Crippen molar-refractivity contribution in [1.82, 2.24) is 0 Å². The Kier molecular flexibility index (Phi) is 21.5. The van der Waals surface area contributed by atoms with Gasteiger partial charge in [-0.2, -0.15) is 0 Å². The third-order valence-corrected chi connectivity index (χ3v) is 0. The molecule has 0 saturated heterocycles. The Labute approximate surface area is 49.7 Å². The number of nitrogens with zero attached hydrogens (tertiary/aromatic N) is 2. The first-order valence-electron chi connectivity index (χ1n) is 0.458. The summed E-state index contributed by atoms with van der Waals surface area (Å²) in [5.41, 5.74) is 6.97. The molecule has 19 valence electrons. The van der Waals surface area contributed by atoms with E-state index in [0.29, 0.717) is 0 Å². The summed E-state index contributed by atoms with van der Waals surface area (Å²) in [4.78, 5) is 2.00. The first-order valence-corrected chi connectivity index (χ1v) is 0.458. The van der Waals surface area contributed by atoms with E-state index < -0.39 is 0 Å². The Balaban J connectivity index is 0. The molecule has 1 radical (unpaired) electrons. The molecule has 4 heavy (non-hydrogen) atoms. The van der Waals surface area contributed by atoms with E-state index in [1.54, 1.807) is 0 Å². The monoisotopic (exact) mass is 130 g/mol. The molecule has 0 amide bonds. The van der Waals surface area contributed by atoms with Gasteiger partial charge in [-0.25, -0.2) is 0 Å². The number of hydrogen-bond acceptors (Lipinski definition) is 0. The molecule has 0 aliphatic heterocycles. The van der Waals surface area contributed by atoms with Gasteiger partial charge in [0.1, 0.15) is 0 Å². The van der Waals surface area contributed by atoms with Gasteiger partial charge < -0.3 is 10.3 Å². The van der Waals surface area contributed by atoms with Crippen LogP contribution in [0.4, 0.5) is 0 Å². The maximum Gasteiger partial charge on any atom is 0 e. The van der Waals surface area contributed by atoms with Crippen molar-refractivity contribution >= 4 is 6.72 Å². The van der Waals surface area contributed by atoms with Gasteiger partial charge in [-0.3, -0.25) is 0 Å². The van der Waals surface area contributed by atoms with E-state index in [-0.39, 0.29) is 32.7 Å². The summed E-state index contributed by atoms with van der Waals surface area (Å²) in [5, 5.41) is 0. The fourth-order valence-corrected chi connectivity index (χ4v) is 0. The van der Waals surface area contributed by atoms with Crippen LogP contribution in [-0.4, -0.2) is 11.5 Å². The van der Waals surface area contributed by atoms with Crippen molar-refractivity contribution in [1.29, 1.82) is 0 Å². The molecule has 0 bridgehead atoms. The van der Waals surface area contributed by atoms with Gasteiger partial charge in [0.05, 0.1) is 0 Å². The van der Waals surface area contributed by atoms with Crippen LogP contribution in [0.5, 0.6) is 0 Å². The van der Waals surface area contributed by atoms with Crippen LogP contribution in [0.2, 0.25) is 0 Å². The van der Waals surface area contributed by atoms with Crippen LogP contribution >= 0.6 is 0 Å². The van der Waals surface area contributed by atoms with E-state index in [9.17, 15) is 0 Å². The first-order chi connectivity index (χ1) is 1.41. The van der Waals surface area contributed by atoms with Crippen LogP contribution in [0.15, 0.2) is 0 Å². The van der Waals surface area contributed by atoms with Crippen molar-refractivity contribution in [2.75, 3.05) is 0 Å². The van der Waals surface area contributed by atoms with Crippen molar-refractivity contribution in [3.05, 3.63) is 5.53 Å². The Morgan fingerprint density at radius 3 is 1.75 bits per heavy atom. The van der Waals surface area contributed by atoms with E-state index in [0.717, 1.165) is 0 Å². The van der Waals surface area contributed by atoms with Crippen LogP contribution in [0, 0.1) is 0 Å². The van der Waals surface area contributed by atoms with Gasteiger partial charge in [0.25, 0.3) is 0 Å². The fraction of sp³-hybridized carbons (Fsp3) is 0. The van der Waals surface area contributed by atoms with Crippen LogP contribution < -0.4 is 0 Å². The smallest absolute Gasteiger partial charge is 0 e. The van der Waals surface area contributed by atoms with Crippen molar-refractivity contribution < 1.29 is 37.5 Å². The Hall–Kier alpha value is 0.484. The van der Waals surface area contributed by atoms with E-state index >= 15 is 0 Å². The third kappa shape index (κ3) is 23.4. The van der Waals surface area contributed by atoms with Crippen LogP contribution in [0.3, 0.4) is 0 Å². The van der Waals surface area contributed by atoms with Crippen LogP contribution in [0.25, 0.3) is 5.53 Å². The summed E-state index contributed by atoms with van der Waals surface area (Å²) >= 11 is 0. The summed E-state index contributed by atoms with van der Waals surface area (Å²) in [7, 11) is 0. The summed E-state index contributed by atoms with van der Waals surface area (Å²) < 4.78 is 0. The average molecular weight is 130 g/mol.